The van der Waals surface area contributed by atoms with Gasteiger partial charge in [0, 0.05) is 24.5 Å². The van der Waals surface area contributed by atoms with Crippen LogP contribution >= 0.6 is 0 Å². The second-order valence-electron chi connectivity index (χ2n) is 6.99. The molecule has 0 N–H and O–H groups in total. The number of piperidine rings is 1. The van der Waals surface area contributed by atoms with Crippen LogP contribution in [-0.4, -0.2) is 45.1 Å². The number of imidazole rings is 1. The zero-order chi connectivity index (χ0) is 18.1. The Bertz CT molecular complexity index is 784. The van der Waals surface area contributed by atoms with Gasteiger partial charge in [-0.2, -0.15) is 0 Å². The van der Waals surface area contributed by atoms with Crippen molar-refractivity contribution in [2.75, 3.05) is 19.6 Å². The zero-order valence-electron chi connectivity index (χ0n) is 14.4. The first-order chi connectivity index (χ1) is 12.6. The number of fused-ring (bicyclic) bond motifs is 1. The average molecular weight is 360 g/mol. The topological polar surface area (TPSA) is 73.4 Å². The second kappa shape index (κ2) is 7.03. The minimum Gasteiger partial charge on any atom is -0.441 e. The number of likely N-dealkylation sites (tertiary alicyclic amines) is 1. The SMILES string of the molecule is O=[N+]([O-])c1cn2c(n1)OC(CN1CCC(c3ccc(F)cc3)CC1)CC2. The molecule has 0 radical (unpaired) electrons. The molecule has 0 aliphatic carbocycles. The number of benzene rings is 1. The van der Waals surface area contributed by atoms with Gasteiger partial charge in [0.1, 0.15) is 18.1 Å². The molecule has 2 aliphatic heterocycles. The Balaban J connectivity index is 1.30. The zero-order valence-corrected chi connectivity index (χ0v) is 14.4. The van der Waals surface area contributed by atoms with Crippen molar-refractivity contribution in [3.63, 3.8) is 0 Å². The summed E-state index contributed by atoms with van der Waals surface area (Å²) in [5.74, 6) is 0.112. The summed E-state index contributed by atoms with van der Waals surface area (Å²) in [6.45, 7) is 3.43. The fourth-order valence-electron chi connectivity index (χ4n) is 3.82. The van der Waals surface area contributed by atoms with Gasteiger partial charge >= 0.3 is 11.8 Å². The highest BCUT2D eigenvalue weighted by atomic mass is 19.1. The van der Waals surface area contributed by atoms with Gasteiger partial charge in [-0.15, -0.1) is 0 Å². The summed E-state index contributed by atoms with van der Waals surface area (Å²) in [5.41, 5.74) is 1.20. The molecule has 1 fully saturated rings. The minimum atomic E-state index is -0.496. The van der Waals surface area contributed by atoms with Gasteiger partial charge in [0.05, 0.1) is 0 Å². The molecule has 0 amide bonds. The van der Waals surface area contributed by atoms with Crippen molar-refractivity contribution in [1.29, 1.82) is 0 Å². The molecular weight excluding hydrogens is 339 g/mol. The maximum absolute atomic E-state index is 13.1. The number of rotatable bonds is 4. The molecule has 3 heterocycles. The molecule has 0 saturated carbocycles. The third-order valence-corrected chi connectivity index (χ3v) is 5.27. The Morgan fingerprint density at radius 2 is 1.92 bits per heavy atom. The van der Waals surface area contributed by atoms with Crippen LogP contribution in [0.25, 0.3) is 0 Å². The molecule has 1 aromatic carbocycles. The molecule has 4 rings (SSSR count). The summed E-state index contributed by atoms with van der Waals surface area (Å²) in [5, 5.41) is 10.8. The van der Waals surface area contributed by atoms with E-state index in [2.05, 4.69) is 9.88 Å². The molecule has 1 atom stereocenters. The monoisotopic (exact) mass is 360 g/mol. The van der Waals surface area contributed by atoms with Crippen LogP contribution in [0, 0.1) is 15.9 Å². The second-order valence-corrected chi connectivity index (χ2v) is 6.99. The van der Waals surface area contributed by atoms with Crippen molar-refractivity contribution in [3.05, 3.63) is 52.0 Å². The molecule has 1 aromatic heterocycles. The number of ether oxygens (including phenoxy) is 1. The molecule has 138 valence electrons. The lowest BCUT2D eigenvalue weighted by Crippen LogP contribution is -2.42. The van der Waals surface area contributed by atoms with E-state index in [0.29, 0.717) is 18.5 Å². The van der Waals surface area contributed by atoms with Crippen LogP contribution in [0.3, 0.4) is 0 Å². The van der Waals surface area contributed by atoms with Gasteiger partial charge in [-0.05, 0) is 54.5 Å². The number of nitro groups is 1. The number of halogens is 1. The average Bonchev–Trinajstić information content (AvgIpc) is 3.07. The first-order valence-electron chi connectivity index (χ1n) is 8.94. The van der Waals surface area contributed by atoms with Crippen molar-refractivity contribution in [2.24, 2.45) is 0 Å². The Morgan fingerprint density at radius 1 is 1.19 bits per heavy atom. The number of aromatic nitrogens is 2. The van der Waals surface area contributed by atoms with Gasteiger partial charge in [-0.25, -0.2) is 4.39 Å². The van der Waals surface area contributed by atoms with Crippen LogP contribution in [0.2, 0.25) is 0 Å². The lowest BCUT2D eigenvalue weighted by atomic mass is 9.89. The third-order valence-electron chi connectivity index (χ3n) is 5.27. The van der Waals surface area contributed by atoms with Gasteiger partial charge < -0.3 is 14.9 Å². The maximum Gasteiger partial charge on any atom is 0.414 e. The summed E-state index contributed by atoms with van der Waals surface area (Å²) in [6, 6.07) is 7.16. The number of nitrogens with zero attached hydrogens (tertiary/aromatic N) is 4. The first-order valence-corrected chi connectivity index (χ1v) is 8.94. The Labute approximate surface area is 150 Å². The Morgan fingerprint density at radius 3 is 2.62 bits per heavy atom. The van der Waals surface area contributed by atoms with E-state index < -0.39 is 4.92 Å². The highest BCUT2D eigenvalue weighted by Crippen LogP contribution is 2.29. The van der Waals surface area contributed by atoms with Crippen molar-refractivity contribution in [3.8, 4) is 6.01 Å². The molecule has 8 heteroatoms. The standard InChI is InChI=1S/C18H21FN4O3/c19-15-3-1-13(2-4-15)14-5-8-21(9-6-14)11-16-7-10-22-12-17(23(24)25)20-18(22)26-16/h1-4,12,14,16H,5-11H2. The normalized spacial score (nSPS) is 21.2. The lowest BCUT2D eigenvalue weighted by Gasteiger charge is -2.35. The number of aryl methyl sites for hydroxylation is 1. The summed E-state index contributed by atoms with van der Waals surface area (Å²) < 4.78 is 20.6. The smallest absolute Gasteiger partial charge is 0.414 e. The summed E-state index contributed by atoms with van der Waals surface area (Å²) in [6.07, 6.45) is 4.33. The summed E-state index contributed by atoms with van der Waals surface area (Å²) >= 11 is 0. The Hall–Kier alpha value is -2.48. The van der Waals surface area contributed by atoms with Crippen molar-refractivity contribution in [1.82, 2.24) is 14.5 Å². The van der Waals surface area contributed by atoms with Crippen molar-refractivity contribution < 1.29 is 14.1 Å². The van der Waals surface area contributed by atoms with Gasteiger partial charge in [0.15, 0.2) is 0 Å². The predicted molar refractivity (Wildman–Crippen MR) is 92.7 cm³/mol. The van der Waals surface area contributed by atoms with Crippen LogP contribution in [0.4, 0.5) is 10.2 Å². The fourth-order valence-corrected chi connectivity index (χ4v) is 3.82. The quantitative estimate of drug-likeness (QED) is 0.619. The van der Waals surface area contributed by atoms with Gasteiger partial charge in [-0.1, -0.05) is 12.1 Å². The Kier molecular flexibility index (Phi) is 4.58. The third kappa shape index (κ3) is 3.55. The van der Waals surface area contributed by atoms with Gasteiger partial charge in [-0.3, -0.25) is 9.47 Å². The van der Waals surface area contributed by atoms with Crippen molar-refractivity contribution >= 4 is 5.82 Å². The van der Waals surface area contributed by atoms with E-state index in [9.17, 15) is 14.5 Å². The van der Waals surface area contributed by atoms with E-state index in [0.717, 1.165) is 38.9 Å². The predicted octanol–water partition coefficient (Wildman–Crippen LogP) is 2.96. The molecule has 2 aromatic rings. The first kappa shape index (κ1) is 17.0. The van der Waals surface area contributed by atoms with E-state index in [4.69, 9.17) is 4.74 Å². The van der Waals surface area contributed by atoms with E-state index in [1.807, 2.05) is 12.1 Å². The minimum absolute atomic E-state index is 0.00637. The molecule has 2 aliphatic rings. The van der Waals surface area contributed by atoms with E-state index in [1.165, 1.54) is 23.9 Å². The van der Waals surface area contributed by atoms with Gasteiger partial charge in [0.2, 0.25) is 0 Å². The summed E-state index contributed by atoms with van der Waals surface area (Å²) in [4.78, 5) is 16.7. The van der Waals surface area contributed by atoms with Gasteiger partial charge in [0.25, 0.3) is 0 Å². The van der Waals surface area contributed by atoms with E-state index >= 15 is 0 Å². The van der Waals surface area contributed by atoms with Crippen LogP contribution in [-0.2, 0) is 6.54 Å². The molecule has 1 saturated heterocycles. The van der Waals surface area contributed by atoms with Crippen LogP contribution in [0.1, 0.15) is 30.7 Å². The molecular formula is C18H21FN4O3. The molecule has 0 bridgehead atoms. The fraction of sp³-hybridized carbons (Fsp3) is 0.500. The van der Waals surface area contributed by atoms with Crippen LogP contribution in [0.5, 0.6) is 6.01 Å². The molecule has 0 spiro atoms. The molecule has 7 nitrogen and oxygen atoms in total. The maximum atomic E-state index is 13.1. The number of hydrogen-bond acceptors (Lipinski definition) is 5. The molecule has 1 unspecified atom stereocenters. The van der Waals surface area contributed by atoms with E-state index in [1.54, 1.807) is 4.57 Å². The highest BCUT2D eigenvalue weighted by molar-refractivity contribution is 5.22. The summed E-state index contributed by atoms with van der Waals surface area (Å²) in [7, 11) is 0. The molecule has 26 heavy (non-hydrogen) atoms. The van der Waals surface area contributed by atoms with Crippen LogP contribution < -0.4 is 4.74 Å². The number of hydrogen-bond donors (Lipinski definition) is 0. The van der Waals surface area contributed by atoms with Crippen molar-refractivity contribution in [2.45, 2.75) is 37.8 Å². The largest absolute Gasteiger partial charge is 0.441 e. The van der Waals surface area contributed by atoms with E-state index in [-0.39, 0.29) is 17.7 Å². The highest BCUT2D eigenvalue weighted by Gasteiger charge is 2.30. The van der Waals surface area contributed by atoms with Crippen LogP contribution in [0.15, 0.2) is 30.5 Å². The lowest BCUT2D eigenvalue weighted by molar-refractivity contribution is -0.389.